The largest absolute Gasteiger partial charge is 0.352 e. The second-order valence-corrected chi connectivity index (χ2v) is 8.12. The lowest BCUT2D eigenvalue weighted by molar-refractivity contribution is -0.127. The van der Waals surface area contributed by atoms with Crippen molar-refractivity contribution >= 4 is 15.7 Å². The molecule has 0 bridgehead atoms. The van der Waals surface area contributed by atoms with Gasteiger partial charge >= 0.3 is 0 Å². The van der Waals surface area contributed by atoms with Crippen LogP contribution < -0.4 is 5.32 Å². The van der Waals surface area contributed by atoms with Crippen LogP contribution >= 0.6 is 0 Å². The van der Waals surface area contributed by atoms with Crippen molar-refractivity contribution in [3.8, 4) is 0 Å². The molecule has 2 atom stereocenters. The van der Waals surface area contributed by atoms with Crippen molar-refractivity contribution in [1.29, 1.82) is 0 Å². The van der Waals surface area contributed by atoms with E-state index in [9.17, 15) is 13.2 Å². The molecule has 0 aliphatic carbocycles. The highest BCUT2D eigenvalue weighted by molar-refractivity contribution is 7.91. The van der Waals surface area contributed by atoms with Gasteiger partial charge in [-0.25, -0.2) is 8.42 Å². The Bertz CT molecular complexity index is 587. The molecule has 5 nitrogen and oxygen atoms in total. The predicted octanol–water partition coefficient (Wildman–Crippen LogP) is 1.37. The first kappa shape index (κ1) is 17.0. The number of rotatable bonds is 5. The highest BCUT2D eigenvalue weighted by atomic mass is 32.2. The number of hydrogen-bond acceptors (Lipinski definition) is 4. The summed E-state index contributed by atoms with van der Waals surface area (Å²) in [7, 11) is -2.96. The van der Waals surface area contributed by atoms with Crippen LogP contribution in [0.25, 0.3) is 0 Å². The molecule has 0 radical (unpaired) electrons. The van der Waals surface area contributed by atoms with Crippen molar-refractivity contribution in [3.63, 3.8) is 0 Å². The zero-order valence-corrected chi connectivity index (χ0v) is 14.0. The third-order valence-corrected chi connectivity index (χ3v) is 5.72. The molecular weight excluding hydrogens is 300 g/mol. The van der Waals surface area contributed by atoms with E-state index >= 15 is 0 Å². The van der Waals surface area contributed by atoms with Crippen LogP contribution in [-0.2, 0) is 14.6 Å². The van der Waals surface area contributed by atoms with Crippen LogP contribution in [0.5, 0.6) is 0 Å². The van der Waals surface area contributed by atoms with E-state index in [0.717, 1.165) is 12.0 Å². The molecule has 1 saturated heterocycles. The smallest absolute Gasteiger partial charge is 0.242 e. The van der Waals surface area contributed by atoms with Gasteiger partial charge in [0.2, 0.25) is 5.91 Å². The molecule has 1 N–H and O–H groups in total. The SMILES string of the molecule is CC[C@H](C)NC(=O)[C@H](c1ccccc1)N1CCS(=O)(=O)CC1. The van der Waals surface area contributed by atoms with Gasteiger partial charge in [0.15, 0.2) is 9.84 Å². The minimum atomic E-state index is -2.96. The van der Waals surface area contributed by atoms with Crippen LogP contribution in [0.1, 0.15) is 31.9 Å². The molecule has 0 unspecified atom stereocenters. The molecule has 6 heteroatoms. The Morgan fingerprint density at radius 3 is 2.36 bits per heavy atom. The quantitative estimate of drug-likeness (QED) is 0.888. The summed E-state index contributed by atoms with van der Waals surface area (Å²) in [5.74, 6) is 0.180. The van der Waals surface area contributed by atoms with E-state index < -0.39 is 15.9 Å². The number of benzene rings is 1. The van der Waals surface area contributed by atoms with Crippen LogP contribution in [0.15, 0.2) is 30.3 Å². The molecule has 1 aliphatic rings. The number of carbonyl (C=O) groups is 1. The molecule has 2 rings (SSSR count). The van der Waals surface area contributed by atoms with Crippen molar-refractivity contribution in [2.45, 2.75) is 32.4 Å². The minimum Gasteiger partial charge on any atom is -0.352 e. The minimum absolute atomic E-state index is 0.0557. The summed E-state index contributed by atoms with van der Waals surface area (Å²) >= 11 is 0. The summed E-state index contributed by atoms with van der Waals surface area (Å²) in [6.45, 7) is 4.79. The average molecular weight is 324 g/mol. The Balaban J connectivity index is 2.21. The number of nitrogens with zero attached hydrogens (tertiary/aromatic N) is 1. The van der Waals surface area contributed by atoms with Gasteiger partial charge in [-0.3, -0.25) is 9.69 Å². The van der Waals surface area contributed by atoms with Gasteiger partial charge in [-0.2, -0.15) is 0 Å². The number of nitrogens with one attached hydrogen (secondary N) is 1. The van der Waals surface area contributed by atoms with Crippen molar-refractivity contribution in [2.75, 3.05) is 24.6 Å². The van der Waals surface area contributed by atoms with Gasteiger partial charge in [-0.1, -0.05) is 37.3 Å². The first-order chi connectivity index (χ1) is 10.4. The summed E-state index contributed by atoms with van der Waals surface area (Å²) in [5, 5.41) is 3.02. The molecule has 1 aliphatic heterocycles. The lowest BCUT2D eigenvalue weighted by Gasteiger charge is -2.34. The molecule has 0 spiro atoms. The van der Waals surface area contributed by atoms with Crippen molar-refractivity contribution in [3.05, 3.63) is 35.9 Å². The monoisotopic (exact) mass is 324 g/mol. The second kappa shape index (κ2) is 7.24. The highest BCUT2D eigenvalue weighted by Crippen LogP contribution is 2.23. The Kier molecular flexibility index (Phi) is 5.58. The average Bonchev–Trinajstić information content (AvgIpc) is 2.50. The Morgan fingerprint density at radius 2 is 1.82 bits per heavy atom. The summed E-state index contributed by atoms with van der Waals surface area (Å²) in [6, 6.07) is 9.24. The second-order valence-electron chi connectivity index (χ2n) is 5.82. The van der Waals surface area contributed by atoms with Gasteiger partial charge in [-0.15, -0.1) is 0 Å². The summed E-state index contributed by atoms with van der Waals surface area (Å²) < 4.78 is 23.2. The summed E-state index contributed by atoms with van der Waals surface area (Å²) in [4.78, 5) is 14.6. The van der Waals surface area contributed by atoms with E-state index in [1.54, 1.807) is 0 Å². The van der Waals surface area contributed by atoms with Crippen LogP contribution in [-0.4, -0.2) is 49.9 Å². The maximum atomic E-state index is 12.7. The Labute approximate surface area is 132 Å². The Hall–Kier alpha value is -1.40. The molecule has 1 aromatic rings. The first-order valence-electron chi connectivity index (χ1n) is 7.72. The van der Waals surface area contributed by atoms with E-state index in [-0.39, 0.29) is 23.5 Å². The topological polar surface area (TPSA) is 66.5 Å². The molecule has 1 amide bonds. The van der Waals surface area contributed by atoms with Crippen molar-refractivity contribution in [1.82, 2.24) is 10.2 Å². The maximum absolute atomic E-state index is 12.7. The molecule has 0 aromatic heterocycles. The number of sulfone groups is 1. The van der Waals surface area contributed by atoms with Gasteiger partial charge < -0.3 is 5.32 Å². The van der Waals surface area contributed by atoms with Crippen LogP contribution in [0.3, 0.4) is 0 Å². The predicted molar refractivity (Wildman–Crippen MR) is 87.3 cm³/mol. The van der Waals surface area contributed by atoms with Gasteiger partial charge in [0.05, 0.1) is 11.5 Å². The van der Waals surface area contributed by atoms with Gasteiger partial charge in [0.1, 0.15) is 6.04 Å². The van der Waals surface area contributed by atoms with Gasteiger partial charge in [0.25, 0.3) is 0 Å². The third-order valence-electron chi connectivity index (χ3n) is 4.11. The van der Waals surface area contributed by atoms with Crippen molar-refractivity contribution < 1.29 is 13.2 Å². The fraction of sp³-hybridized carbons (Fsp3) is 0.562. The fourth-order valence-electron chi connectivity index (χ4n) is 2.57. The van der Waals surface area contributed by atoms with E-state index in [2.05, 4.69) is 5.32 Å². The van der Waals surface area contributed by atoms with Crippen LogP contribution in [0.2, 0.25) is 0 Å². The maximum Gasteiger partial charge on any atom is 0.242 e. The zero-order chi connectivity index (χ0) is 16.2. The summed E-state index contributed by atoms with van der Waals surface area (Å²) in [6.07, 6.45) is 0.863. The van der Waals surface area contributed by atoms with E-state index in [0.29, 0.717) is 13.1 Å². The molecular formula is C16H24N2O3S. The number of hydrogen-bond donors (Lipinski definition) is 1. The third kappa shape index (κ3) is 4.30. The lowest BCUT2D eigenvalue weighted by Crippen LogP contribution is -2.48. The number of carbonyl (C=O) groups excluding carboxylic acids is 1. The van der Waals surface area contributed by atoms with E-state index in [4.69, 9.17) is 0 Å². The lowest BCUT2D eigenvalue weighted by atomic mass is 10.0. The van der Waals surface area contributed by atoms with Crippen molar-refractivity contribution in [2.24, 2.45) is 0 Å². The normalized spacial score (nSPS) is 21.0. The molecule has 1 fully saturated rings. The molecule has 1 aromatic carbocycles. The first-order valence-corrected chi connectivity index (χ1v) is 9.55. The molecule has 0 saturated carbocycles. The fourth-order valence-corrected chi connectivity index (χ4v) is 3.80. The van der Waals surface area contributed by atoms with Gasteiger partial charge in [0, 0.05) is 19.1 Å². The van der Waals surface area contributed by atoms with E-state index in [1.807, 2.05) is 49.1 Å². The van der Waals surface area contributed by atoms with Crippen LogP contribution in [0, 0.1) is 0 Å². The molecule has 1 heterocycles. The zero-order valence-electron chi connectivity index (χ0n) is 13.2. The van der Waals surface area contributed by atoms with Gasteiger partial charge in [-0.05, 0) is 18.9 Å². The number of amides is 1. The highest BCUT2D eigenvalue weighted by Gasteiger charge is 2.32. The van der Waals surface area contributed by atoms with E-state index in [1.165, 1.54) is 0 Å². The molecule has 22 heavy (non-hydrogen) atoms. The van der Waals surface area contributed by atoms with Crippen LogP contribution in [0.4, 0.5) is 0 Å². The molecule has 122 valence electrons. The standard InChI is InChI=1S/C16H24N2O3S/c1-3-13(2)17-16(19)15(14-7-5-4-6-8-14)18-9-11-22(20,21)12-10-18/h4-8,13,15H,3,9-12H2,1-2H3,(H,17,19)/t13-,15-/m0/s1. The summed E-state index contributed by atoms with van der Waals surface area (Å²) in [5.41, 5.74) is 0.905. The Morgan fingerprint density at radius 1 is 1.23 bits per heavy atom.